The van der Waals surface area contributed by atoms with Crippen LogP contribution in [-0.2, 0) is 15.8 Å². The first kappa shape index (κ1) is 25.6. The number of nitrogens with zero attached hydrogens (tertiary/aromatic N) is 1. The van der Waals surface area contributed by atoms with E-state index in [1.807, 2.05) is 37.3 Å². The first-order chi connectivity index (χ1) is 17.3. The number of para-hydroxylation sites is 1. The number of carbonyl (C=O) groups is 2. The summed E-state index contributed by atoms with van der Waals surface area (Å²) in [5.74, 6) is -0.755. The summed E-state index contributed by atoms with van der Waals surface area (Å²) in [7, 11) is -3.38. The van der Waals surface area contributed by atoms with Gasteiger partial charge in [-0.15, -0.1) is 0 Å². The zero-order chi connectivity index (χ0) is 25.5. The van der Waals surface area contributed by atoms with Crippen molar-refractivity contribution in [3.63, 3.8) is 0 Å². The Kier molecular flexibility index (Phi) is 8.18. The molecule has 1 aliphatic rings. The highest BCUT2D eigenvalue weighted by Gasteiger charge is 2.24. The highest BCUT2D eigenvalue weighted by molar-refractivity contribution is 7.88. The van der Waals surface area contributed by atoms with Crippen molar-refractivity contribution >= 4 is 27.5 Å². The average molecular weight is 506 g/mol. The molecule has 3 aromatic carbocycles. The number of sulfonamides is 1. The van der Waals surface area contributed by atoms with Crippen LogP contribution in [0, 0.1) is 0 Å². The molecule has 2 N–H and O–H groups in total. The van der Waals surface area contributed by atoms with Crippen LogP contribution < -0.4 is 10.6 Å². The van der Waals surface area contributed by atoms with Crippen LogP contribution in [0.3, 0.4) is 0 Å². The van der Waals surface area contributed by atoms with E-state index in [-0.39, 0.29) is 23.6 Å². The van der Waals surface area contributed by atoms with Gasteiger partial charge in [0.15, 0.2) is 0 Å². The van der Waals surface area contributed by atoms with Gasteiger partial charge in [0.1, 0.15) is 0 Å². The molecule has 188 valence electrons. The van der Waals surface area contributed by atoms with Crippen molar-refractivity contribution in [1.82, 2.24) is 9.62 Å². The van der Waals surface area contributed by atoms with E-state index in [2.05, 4.69) is 10.6 Å². The van der Waals surface area contributed by atoms with Crippen LogP contribution in [0.4, 0.5) is 5.69 Å². The summed E-state index contributed by atoms with van der Waals surface area (Å²) in [5, 5.41) is 5.78. The van der Waals surface area contributed by atoms with Crippen LogP contribution in [-0.4, -0.2) is 37.6 Å². The number of hydrogen-bond acceptors (Lipinski definition) is 4. The minimum Gasteiger partial charge on any atom is -0.345 e. The van der Waals surface area contributed by atoms with Gasteiger partial charge in [-0.05, 0) is 55.2 Å². The normalized spacial score (nSPS) is 15.1. The molecule has 3 aromatic rings. The Labute approximate surface area is 212 Å². The molecule has 7 nitrogen and oxygen atoms in total. The van der Waals surface area contributed by atoms with Crippen molar-refractivity contribution in [3.05, 3.63) is 101 Å². The fourth-order valence-corrected chi connectivity index (χ4v) is 5.89. The van der Waals surface area contributed by atoms with E-state index in [4.69, 9.17) is 0 Å². The summed E-state index contributed by atoms with van der Waals surface area (Å²) in [6.45, 7) is 3.04. The Morgan fingerprint density at radius 2 is 1.47 bits per heavy atom. The van der Waals surface area contributed by atoms with E-state index in [9.17, 15) is 18.0 Å². The van der Waals surface area contributed by atoms with Gasteiger partial charge >= 0.3 is 0 Å². The summed E-state index contributed by atoms with van der Waals surface area (Å²) in [4.78, 5) is 25.9. The SMILES string of the molecule is C[C@@H](NC(=O)c1ccccc1NC(=O)c1ccc(CS(=O)(=O)N2CCCCC2)cc1)c1ccccc1. The Morgan fingerprint density at radius 3 is 2.17 bits per heavy atom. The van der Waals surface area contributed by atoms with Crippen LogP contribution in [0.1, 0.15) is 64.1 Å². The number of anilines is 1. The Hall–Kier alpha value is -3.49. The maximum Gasteiger partial charge on any atom is 0.255 e. The molecular weight excluding hydrogens is 474 g/mol. The second kappa shape index (κ2) is 11.5. The van der Waals surface area contributed by atoms with Gasteiger partial charge in [-0.2, -0.15) is 0 Å². The van der Waals surface area contributed by atoms with Gasteiger partial charge in [-0.3, -0.25) is 9.59 Å². The third-order valence-electron chi connectivity index (χ3n) is 6.34. The molecular formula is C28H31N3O4S. The van der Waals surface area contributed by atoms with Gasteiger partial charge in [-0.1, -0.05) is 61.0 Å². The highest BCUT2D eigenvalue weighted by Crippen LogP contribution is 2.20. The summed E-state index contributed by atoms with van der Waals surface area (Å²) >= 11 is 0. The molecule has 1 fully saturated rings. The lowest BCUT2D eigenvalue weighted by molar-refractivity contribution is 0.0940. The molecule has 1 heterocycles. The second-order valence-corrected chi connectivity index (χ2v) is 11.0. The number of benzene rings is 3. The number of piperidine rings is 1. The Balaban J connectivity index is 1.41. The third kappa shape index (κ3) is 6.38. The molecule has 0 aliphatic carbocycles. The Bertz CT molecular complexity index is 1300. The van der Waals surface area contributed by atoms with E-state index in [1.165, 1.54) is 0 Å². The van der Waals surface area contributed by atoms with Gasteiger partial charge < -0.3 is 10.6 Å². The van der Waals surface area contributed by atoms with Crippen molar-refractivity contribution in [1.29, 1.82) is 0 Å². The predicted molar refractivity (Wildman–Crippen MR) is 141 cm³/mol. The number of amides is 2. The van der Waals surface area contributed by atoms with Gasteiger partial charge in [0, 0.05) is 18.7 Å². The summed E-state index contributed by atoms with van der Waals surface area (Å²) < 4.78 is 26.9. The van der Waals surface area contributed by atoms with E-state index < -0.39 is 10.0 Å². The minimum absolute atomic E-state index is 0.0858. The van der Waals surface area contributed by atoms with Crippen LogP contribution >= 0.6 is 0 Å². The largest absolute Gasteiger partial charge is 0.345 e. The third-order valence-corrected chi connectivity index (χ3v) is 8.19. The van der Waals surface area contributed by atoms with Gasteiger partial charge in [-0.25, -0.2) is 12.7 Å². The van der Waals surface area contributed by atoms with Crippen LogP contribution in [0.5, 0.6) is 0 Å². The van der Waals surface area contributed by atoms with Crippen molar-refractivity contribution in [3.8, 4) is 0 Å². The molecule has 1 saturated heterocycles. The van der Waals surface area contributed by atoms with Crippen molar-refractivity contribution in [2.75, 3.05) is 18.4 Å². The fourth-order valence-electron chi connectivity index (χ4n) is 4.28. The molecule has 0 saturated carbocycles. The topological polar surface area (TPSA) is 95.6 Å². The lowest BCUT2D eigenvalue weighted by Gasteiger charge is -2.25. The molecule has 0 spiro atoms. The lowest BCUT2D eigenvalue weighted by atomic mass is 10.1. The Morgan fingerprint density at radius 1 is 0.833 bits per heavy atom. The monoisotopic (exact) mass is 505 g/mol. The maximum absolute atomic E-state index is 13.0. The quantitative estimate of drug-likeness (QED) is 0.462. The van der Waals surface area contributed by atoms with Crippen LogP contribution in [0.25, 0.3) is 0 Å². The van der Waals surface area contributed by atoms with Crippen molar-refractivity contribution in [2.45, 2.75) is 38.0 Å². The fraction of sp³-hybridized carbons (Fsp3) is 0.286. The number of rotatable bonds is 8. The van der Waals surface area contributed by atoms with Gasteiger partial charge in [0.25, 0.3) is 11.8 Å². The van der Waals surface area contributed by atoms with Gasteiger partial charge in [0.05, 0.1) is 23.0 Å². The lowest BCUT2D eigenvalue weighted by Crippen LogP contribution is -2.36. The molecule has 0 radical (unpaired) electrons. The van der Waals surface area contributed by atoms with Crippen LogP contribution in [0.15, 0.2) is 78.9 Å². The molecule has 4 rings (SSSR count). The molecule has 2 amide bonds. The molecule has 36 heavy (non-hydrogen) atoms. The number of hydrogen-bond donors (Lipinski definition) is 2. The zero-order valence-corrected chi connectivity index (χ0v) is 21.1. The standard InChI is InChI=1S/C28H31N3O4S/c1-21(23-10-4-2-5-11-23)29-28(33)25-12-6-7-13-26(25)30-27(32)24-16-14-22(15-17-24)20-36(34,35)31-18-8-3-9-19-31/h2,4-7,10-17,21H,3,8-9,18-20H2,1H3,(H,29,33)(H,30,32)/t21-/m1/s1. The first-order valence-corrected chi connectivity index (χ1v) is 13.8. The molecule has 8 heteroatoms. The van der Waals surface area contributed by atoms with E-state index >= 15 is 0 Å². The maximum atomic E-state index is 13.0. The molecule has 0 aromatic heterocycles. The zero-order valence-electron chi connectivity index (χ0n) is 20.3. The number of carbonyl (C=O) groups excluding carboxylic acids is 2. The first-order valence-electron chi connectivity index (χ1n) is 12.2. The molecule has 1 atom stereocenters. The predicted octanol–water partition coefficient (Wildman–Crippen LogP) is 4.75. The van der Waals surface area contributed by atoms with Gasteiger partial charge in [0.2, 0.25) is 10.0 Å². The molecule has 1 aliphatic heterocycles. The van der Waals surface area contributed by atoms with Crippen molar-refractivity contribution in [2.24, 2.45) is 0 Å². The smallest absolute Gasteiger partial charge is 0.255 e. The molecule has 0 unspecified atom stereocenters. The minimum atomic E-state index is -3.38. The highest BCUT2D eigenvalue weighted by atomic mass is 32.2. The van der Waals surface area contributed by atoms with Crippen molar-refractivity contribution < 1.29 is 18.0 Å². The summed E-state index contributed by atoms with van der Waals surface area (Å²) in [5.41, 5.74) is 2.75. The van der Waals surface area contributed by atoms with E-state index in [0.29, 0.717) is 35.5 Å². The van der Waals surface area contributed by atoms with E-state index in [1.54, 1.807) is 52.8 Å². The second-order valence-electron chi connectivity index (χ2n) is 9.02. The number of nitrogens with one attached hydrogen (secondary N) is 2. The summed E-state index contributed by atoms with van der Waals surface area (Å²) in [6, 6.07) is 22.8. The molecule has 0 bridgehead atoms. The van der Waals surface area contributed by atoms with E-state index in [0.717, 1.165) is 24.8 Å². The van der Waals surface area contributed by atoms with Crippen LogP contribution in [0.2, 0.25) is 0 Å². The average Bonchev–Trinajstić information content (AvgIpc) is 2.90. The summed E-state index contributed by atoms with van der Waals surface area (Å²) in [6.07, 6.45) is 2.85.